The third-order valence-corrected chi connectivity index (χ3v) is 3.21. The topological polar surface area (TPSA) is 20.2 Å². The van der Waals surface area contributed by atoms with Crippen LogP contribution in [-0.4, -0.2) is 10.9 Å². The van der Waals surface area contributed by atoms with Crippen molar-refractivity contribution < 1.29 is 9.50 Å². The first-order valence-electron chi connectivity index (χ1n) is 6.00. The molecule has 0 saturated heterocycles. The smallest absolute Gasteiger partial charge is 0.131 e. The van der Waals surface area contributed by atoms with Crippen molar-refractivity contribution in [1.82, 2.24) is 0 Å². The Morgan fingerprint density at radius 3 is 2.58 bits per heavy atom. The van der Waals surface area contributed by atoms with E-state index in [-0.39, 0.29) is 11.6 Å². The van der Waals surface area contributed by atoms with Crippen LogP contribution in [0.4, 0.5) is 4.39 Å². The molecular weight excluding hydrogens is 259 g/mol. The normalized spacial score (nSPS) is 10.4. The van der Waals surface area contributed by atoms with Gasteiger partial charge in [0.05, 0.1) is 0 Å². The second-order valence-corrected chi connectivity index (χ2v) is 4.72. The van der Waals surface area contributed by atoms with Gasteiger partial charge in [-0.25, -0.2) is 4.39 Å². The standard InChI is InChI=1S/C16H15FOS/c1-11(18)15-10-13(7-6-12(15)8-9-19)14-4-2-3-5-16(14)17/h2-7,10,18-19H,1,8-9H2. The maximum absolute atomic E-state index is 13.8. The minimum Gasteiger partial charge on any atom is -0.508 e. The van der Waals surface area contributed by atoms with Gasteiger partial charge in [-0.1, -0.05) is 36.9 Å². The Kier molecular flexibility index (Phi) is 4.27. The van der Waals surface area contributed by atoms with E-state index in [1.165, 1.54) is 6.07 Å². The van der Waals surface area contributed by atoms with Crippen molar-refractivity contribution in [3.05, 3.63) is 66.0 Å². The average molecular weight is 274 g/mol. The van der Waals surface area contributed by atoms with Crippen LogP contribution in [-0.2, 0) is 6.42 Å². The Bertz CT molecular complexity index is 607. The molecule has 19 heavy (non-hydrogen) atoms. The summed E-state index contributed by atoms with van der Waals surface area (Å²) in [6.07, 6.45) is 0.732. The first-order chi connectivity index (χ1) is 9.13. The highest BCUT2D eigenvalue weighted by Gasteiger charge is 2.09. The molecule has 2 rings (SSSR count). The second-order valence-electron chi connectivity index (χ2n) is 4.27. The molecule has 0 spiro atoms. The van der Waals surface area contributed by atoms with Gasteiger partial charge in [0.1, 0.15) is 11.6 Å². The van der Waals surface area contributed by atoms with Crippen LogP contribution in [0.15, 0.2) is 49.0 Å². The molecule has 0 amide bonds. The highest BCUT2D eigenvalue weighted by molar-refractivity contribution is 7.80. The van der Waals surface area contributed by atoms with Crippen LogP contribution in [0.5, 0.6) is 0 Å². The van der Waals surface area contributed by atoms with Crippen LogP contribution in [0.2, 0.25) is 0 Å². The summed E-state index contributed by atoms with van der Waals surface area (Å²) < 4.78 is 13.8. The quantitative estimate of drug-likeness (QED) is 0.621. The van der Waals surface area contributed by atoms with Gasteiger partial charge in [-0.2, -0.15) is 12.6 Å². The lowest BCUT2D eigenvalue weighted by molar-refractivity contribution is 0.513. The fourth-order valence-electron chi connectivity index (χ4n) is 2.05. The molecule has 0 unspecified atom stereocenters. The van der Waals surface area contributed by atoms with E-state index in [0.29, 0.717) is 16.9 Å². The van der Waals surface area contributed by atoms with Crippen LogP contribution in [0.3, 0.4) is 0 Å². The molecule has 3 heteroatoms. The van der Waals surface area contributed by atoms with Gasteiger partial charge in [-0.3, -0.25) is 0 Å². The lowest BCUT2D eigenvalue weighted by Gasteiger charge is -2.11. The second kappa shape index (κ2) is 5.93. The van der Waals surface area contributed by atoms with E-state index in [1.54, 1.807) is 24.3 Å². The molecule has 2 aromatic rings. The van der Waals surface area contributed by atoms with Crippen molar-refractivity contribution in [3.63, 3.8) is 0 Å². The van der Waals surface area contributed by atoms with Gasteiger partial charge in [0.15, 0.2) is 0 Å². The molecular formula is C16H15FOS. The molecule has 0 fully saturated rings. The number of thiol groups is 1. The van der Waals surface area contributed by atoms with E-state index in [2.05, 4.69) is 19.2 Å². The summed E-state index contributed by atoms with van der Waals surface area (Å²) >= 11 is 4.19. The van der Waals surface area contributed by atoms with E-state index in [4.69, 9.17) is 0 Å². The number of aliphatic hydroxyl groups excluding tert-OH is 1. The van der Waals surface area contributed by atoms with Crippen LogP contribution < -0.4 is 0 Å². The Morgan fingerprint density at radius 1 is 1.21 bits per heavy atom. The zero-order chi connectivity index (χ0) is 13.8. The molecule has 1 N–H and O–H groups in total. The molecule has 2 aromatic carbocycles. The molecule has 0 aromatic heterocycles. The van der Waals surface area contributed by atoms with Gasteiger partial charge >= 0.3 is 0 Å². The maximum Gasteiger partial charge on any atom is 0.131 e. The Labute approximate surface area is 117 Å². The summed E-state index contributed by atoms with van der Waals surface area (Å²) in [5, 5.41) is 9.66. The van der Waals surface area contributed by atoms with Crippen LogP contribution in [0.25, 0.3) is 16.9 Å². The first-order valence-corrected chi connectivity index (χ1v) is 6.63. The van der Waals surface area contributed by atoms with Gasteiger partial charge in [0.2, 0.25) is 0 Å². The van der Waals surface area contributed by atoms with Gasteiger partial charge in [-0.05, 0) is 35.4 Å². The number of aryl methyl sites for hydroxylation is 1. The summed E-state index contributed by atoms with van der Waals surface area (Å²) in [5.74, 6) is 0.396. The SMILES string of the molecule is C=C(O)c1cc(-c2ccccc2F)ccc1CCS. The fourth-order valence-corrected chi connectivity index (χ4v) is 2.29. The molecule has 0 saturated carbocycles. The predicted octanol–water partition coefficient (Wildman–Crippen LogP) is 4.49. The fraction of sp³-hybridized carbons (Fsp3) is 0.125. The van der Waals surface area contributed by atoms with Gasteiger partial charge < -0.3 is 5.11 Å². The van der Waals surface area contributed by atoms with Crippen molar-refractivity contribution in [3.8, 4) is 11.1 Å². The summed E-state index contributed by atoms with van der Waals surface area (Å²) in [5.41, 5.74) is 2.85. The average Bonchev–Trinajstić information content (AvgIpc) is 2.40. The molecule has 0 heterocycles. The summed E-state index contributed by atoms with van der Waals surface area (Å²) in [6.45, 7) is 3.56. The highest BCUT2D eigenvalue weighted by Crippen LogP contribution is 2.27. The van der Waals surface area contributed by atoms with E-state index in [1.807, 2.05) is 12.1 Å². The van der Waals surface area contributed by atoms with Crippen molar-refractivity contribution in [2.75, 3.05) is 5.75 Å². The molecule has 0 aliphatic rings. The molecule has 98 valence electrons. The van der Waals surface area contributed by atoms with E-state index in [9.17, 15) is 9.50 Å². The molecule has 0 aliphatic carbocycles. The molecule has 1 nitrogen and oxygen atoms in total. The number of benzene rings is 2. The van der Waals surface area contributed by atoms with Gasteiger partial charge in [0, 0.05) is 11.1 Å². The Morgan fingerprint density at radius 2 is 1.95 bits per heavy atom. The maximum atomic E-state index is 13.8. The minimum absolute atomic E-state index is 0.00465. The van der Waals surface area contributed by atoms with Crippen LogP contribution in [0.1, 0.15) is 11.1 Å². The zero-order valence-electron chi connectivity index (χ0n) is 10.4. The summed E-state index contributed by atoms with van der Waals surface area (Å²) in [6, 6.07) is 12.1. The minimum atomic E-state index is -0.279. The molecule has 0 radical (unpaired) electrons. The molecule has 0 bridgehead atoms. The van der Waals surface area contributed by atoms with E-state index in [0.717, 1.165) is 17.5 Å². The van der Waals surface area contributed by atoms with Gasteiger partial charge in [0.25, 0.3) is 0 Å². The zero-order valence-corrected chi connectivity index (χ0v) is 11.3. The number of rotatable bonds is 4. The third kappa shape index (κ3) is 2.99. The Balaban J connectivity index is 2.52. The lowest BCUT2D eigenvalue weighted by Crippen LogP contribution is -1.96. The van der Waals surface area contributed by atoms with Crippen LogP contribution >= 0.6 is 12.6 Å². The van der Waals surface area contributed by atoms with Crippen molar-refractivity contribution in [2.24, 2.45) is 0 Å². The number of halogens is 1. The van der Waals surface area contributed by atoms with Crippen molar-refractivity contribution >= 4 is 18.4 Å². The first kappa shape index (κ1) is 13.7. The predicted molar refractivity (Wildman–Crippen MR) is 81.1 cm³/mol. The highest BCUT2D eigenvalue weighted by atomic mass is 32.1. The molecule has 0 atom stereocenters. The Hall–Kier alpha value is -1.74. The van der Waals surface area contributed by atoms with E-state index >= 15 is 0 Å². The van der Waals surface area contributed by atoms with Gasteiger partial charge in [-0.15, -0.1) is 0 Å². The number of hydrogen-bond acceptors (Lipinski definition) is 2. The monoisotopic (exact) mass is 274 g/mol. The van der Waals surface area contributed by atoms with Crippen LogP contribution in [0, 0.1) is 5.82 Å². The van der Waals surface area contributed by atoms with Crippen molar-refractivity contribution in [2.45, 2.75) is 6.42 Å². The molecule has 0 aliphatic heterocycles. The lowest BCUT2D eigenvalue weighted by atomic mass is 9.97. The number of hydrogen-bond donors (Lipinski definition) is 2. The summed E-state index contributed by atoms with van der Waals surface area (Å²) in [7, 11) is 0. The van der Waals surface area contributed by atoms with E-state index < -0.39 is 0 Å². The summed E-state index contributed by atoms with van der Waals surface area (Å²) in [4.78, 5) is 0. The largest absolute Gasteiger partial charge is 0.508 e. The third-order valence-electron chi connectivity index (χ3n) is 2.99. The van der Waals surface area contributed by atoms with Crippen molar-refractivity contribution in [1.29, 1.82) is 0 Å². The number of aliphatic hydroxyl groups is 1.